The van der Waals surface area contributed by atoms with Crippen LogP contribution in [0, 0.1) is 0 Å². The number of hydrogen-bond donors (Lipinski definition) is 1. The van der Waals surface area contributed by atoms with E-state index in [4.69, 9.17) is 4.74 Å². The van der Waals surface area contributed by atoms with E-state index in [-0.39, 0.29) is 17.6 Å². The van der Waals surface area contributed by atoms with Crippen molar-refractivity contribution in [2.24, 2.45) is 0 Å². The third-order valence-electron chi connectivity index (χ3n) is 3.37. The Balaban J connectivity index is 1.96. The molecule has 0 amide bonds. The van der Waals surface area contributed by atoms with Crippen LogP contribution in [0.5, 0.6) is 6.01 Å². The molecule has 0 saturated carbocycles. The molecule has 0 fully saturated rings. The van der Waals surface area contributed by atoms with Gasteiger partial charge in [0.05, 0.1) is 12.2 Å². The minimum atomic E-state index is -4.43. The maximum atomic E-state index is 12.9. The van der Waals surface area contributed by atoms with Gasteiger partial charge in [0.15, 0.2) is 5.82 Å². The molecule has 8 heteroatoms. The summed E-state index contributed by atoms with van der Waals surface area (Å²) in [5, 5.41) is 2.78. The highest BCUT2D eigenvalue weighted by atomic mass is 19.4. The highest BCUT2D eigenvalue weighted by Crippen LogP contribution is 2.31. The second kappa shape index (κ2) is 7.38. The first-order chi connectivity index (χ1) is 12.5. The van der Waals surface area contributed by atoms with Gasteiger partial charge in [0.1, 0.15) is 0 Å². The van der Waals surface area contributed by atoms with Crippen LogP contribution in [0.2, 0.25) is 0 Å². The molecule has 0 aliphatic rings. The van der Waals surface area contributed by atoms with E-state index in [9.17, 15) is 13.2 Å². The van der Waals surface area contributed by atoms with Gasteiger partial charge in [-0.3, -0.25) is 0 Å². The molecule has 0 radical (unpaired) electrons. The van der Waals surface area contributed by atoms with E-state index >= 15 is 0 Å². The van der Waals surface area contributed by atoms with E-state index in [0.717, 1.165) is 17.7 Å². The molecule has 0 spiro atoms. The summed E-state index contributed by atoms with van der Waals surface area (Å²) in [7, 11) is 0. The van der Waals surface area contributed by atoms with Crippen LogP contribution in [-0.4, -0.2) is 21.6 Å². The summed E-state index contributed by atoms with van der Waals surface area (Å²) in [6, 6.07) is 14.1. The van der Waals surface area contributed by atoms with Crippen LogP contribution >= 0.6 is 0 Å². The van der Waals surface area contributed by atoms with Crippen molar-refractivity contribution in [3.63, 3.8) is 0 Å². The van der Waals surface area contributed by atoms with Crippen molar-refractivity contribution < 1.29 is 17.9 Å². The monoisotopic (exact) mass is 360 g/mol. The molecule has 0 aliphatic carbocycles. The van der Waals surface area contributed by atoms with Crippen LogP contribution in [0.25, 0.3) is 11.4 Å². The molecular formula is C18H15F3N4O. The molecule has 1 aromatic heterocycles. The molecule has 3 rings (SSSR count). The molecule has 5 nitrogen and oxygen atoms in total. The summed E-state index contributed by atoms with van der Waals surface area (Å²) in [5.74, 6) is 0.458. The standard InChI is InChI=1S/C18H15F3N4O/c1-2-26-17-24-15(12-7-4-3-5-8-12)23-16(25-17)22-14-10-6-9-13(11-14)18(19,20)21/h3-11H,2H2,1H3,(H,22,23,24,25). The second-order valence-electron chi connectivity index (χ2n) is 5.27. The zero-order chi connectivity index (χ0) is 18.6. The van der Waals surface area contributed by atoms with Gasteiger partial charge in [0, 0.05) is 11.3 Å². The average molecular weight is 360 g/mol. The Labute approximate surface area is 147 Å². The maximum absolute atomic E-state index is 12.9. The lowest BCUT2D eigenvalue weighted by molar-refractivity contribution is -0.137. The minimum Gasteiger partial charge on any atom is -0.464 e. The Morgan fingerprint density at radius 3 is 2.42 bits per heavy atom. The Hall–Kier alpha value is -3.16. The molecule has 0 unspecified atom stereocenters. The van der Waals surface area contributed by atoms with E-state index < -0.39 is 11.7 Å². The van der Waals surface area contributed by atoms with E-state index in [1.54, 1.807) is 6.92 Å². The van der Waals surface area contributed by atoms with Gasteiger partial charge in [-0.15, -0.1) is 0 Å². The molecule has 0 saturated heterocycles. The Kier molecular flexibility index (Phi) is 5.01. The van der Waals surface area contributed by atoms with Crippen LogP contribution in [0.3, 0.4) is 0 Å². The van der Waals surface area contributed by atoms with E-state index in [1.165, 1.54) is 12.1 Å². The molecule has 1 heterocycles. The largest absolute Gasteiger partial charge is 0.464 e. The molecule has 2 aromatic carbocycles. The number of hydrogen-bond acceptors (Lipinski definition) is 5. The molecule has 1 N–H and O–H groups in total. The van der Waals surface area contributed by atoms with E-state index in [0.29, 0.717) is 12.4 Å². The van der Waals surface area contributed by atoms with Crippen molar-refractivity contribution in [1.29, 1.82) is 0 Å². The fraction of sp³-hybridized carbons (Fsp3) is 0.167. The predicted molar refractivity (Wildman–Crippen MR) is 91.2 cm³/mol. The molecule has 26 heavy (non-hydrogen) atoms. The van der Waals surface area contributed by atoms with Crippen molar-refractivity contribution >= 4 is 11.6 Å². The van der Waals surface area contributed by atoms with E-state index in [2.05, 4.69) is 20.3 Å². The molecular weight excluding hydrogens is 345 g/mol. The van der Waals surface area contributed by atoms with Gasteiger partial charge in [0.25, 0.3) is 0 Å². The van der Waals surface area contributed by atoms with Gasteiger partial charge < -0.3 is 10.1 Å². The van der Waals surface area contributed by atoms with E-state index in [1.807, 2.05) is 30.3 Å². The van der Waals surface area contributed by atoms with Crippen LogP contribution in [0.4, 0.5) is 24.8 Å². The Bertz CT molecular complexity index is 885. The normalized spacial score (nSPS) is 11.2. The van der Waals surface area contributed by atoms with Gasteiger partial charge in [0.2, 0.25) is 5.95 Å². The molecule has 0 atom stereocenters. The maximum Gasteiger partial charge on any atom is 0.416 e. The zero-order valence-corrected chi connectivity index (χ0v) is 13.8. The van der Waals surface area contributed by atoms with Crippen molar-refractivity contribution in [3.8, 4) is 17.4 Å². The van der Waals surface area contributed by atoms with Crippen molar-refractivity contribution in [2.75, 3.05) is 11.9 Å². The molecule has 3 aromatic rings. The van der Waals surface area contributed by atoms with Crippen LogP contribution in [0.15, 0.2) is 54.6 Å². The number of halogens is 3. The number of anilines is 2. The molecule has 0 bridgehead atoms. The van der Waals surface area contributed by atoms with Gasteiger partial charge in [-0.2, -0.15) is 28.1 Å². The van der Waals surface area contributed by atoms with Gasteiger partial charge in [-0.1, -0.05) is 36.4 Å². The Morgan fingerprint density at radius 1 is 0.962 bits per heavy atom. The quantitative estimate of drug-likeness (QED) is 0.715. The van der Waals surface area contributed by atoms with Crippen LogP contribution < -0.4 is 10.1 Å². The van der Waals surface area contributed by atoms with Crippen molar-refractivity contribution in [3.05, 3.63) is 60.2 Å². The van der Waals surface area contributed by atoms with Gasteiger partial charge >= 0.3 is 12.2 Å². The summed E-state index contributed by atoms with van der Waals surface area (Å²) in [6.07, 6.45) is -4.43. The SMILES string of the molecule is CCOc1nc(Nc2cccc(C(F)(F)F)c2)nc(-c2ccccc2)n1. The number of alkyl halides is 3. The Morgan fingerprint density at radius 2 is 1.73 bits per heavy atom. The lowest BCUT2D eigenvalue weighted by Crippen LogP contribution is -2.07. The highest BCUT2D eigenvalue weighted by Gasteiger charge is 2.30. The first kappa shape index (κ1) is 17.7. The highest BCUT2D eigenvalue weighted by molar-refractivity contribution is 5.60. The summed E-state index contributed by atoms with van der Waals surface area (Å²) < 4.78 is 43.9. The van der Waals surface area contributed by atoms with Crippen LogP contribution in [-0.2, 0) is 6.18 Å². The van der Waals surface area contributed by atoms with Gasteiger partial charge in [-0.05, 0) is 25.1 Å². The van der Waals surface area contributed by atoms with Crippen molar-refractivity contribution in [2.45, 2.75) is 13.1 Å². The fourth-order valence-electron chi connectivity index (χ4n) is 2.22. The van der Waals surface area contributed by atoms with Crippen LogP contribution in [0.1, 0.15) is 12.5 Å². The lowest BCUT2D eigenvalue weighted by atomic mass is 10.2. The fourth-order valence-corrected chi connectivity index (χ4v) is 2.22. The first-order valence-electron chi connectivity index (χ1n) is 7.84. The summed E-state index contributed by atoms with van der Waals surface area (Å²) in [5.41, 5.74) is 0.195. The number of nitrogens with one attached hydrogen (secondary N) is 1. The van der Waals surface area contributed by atoms with Gasteiger partial charge in [-0.25, -0.2) is 0 Å². The number of aromatic nitrogens is 3. The lowest BCUT2D eigenvalue weighted by Gasteiger charge is -2.11. The second-order valence-corrected chi connectivity index (χ2v) is 5.27. The third-order valence-corrected chi connectivity index (χ3v) is 3.37. The first-order valence-corrected chi connectivity index (χ1v) is 7.84. The number of nitrogens with zero attached hydrogens (tertiary/aromatic N) is 3. The average Bonchev–Trinajstić information content (AvgIpc) is 2.62. The minimum absolute atomic E-state index is 0.0934. The topological polar surface area (TPSA) is 59.9 Å². The molecule has 134 valence electrons. The predicted octanol–water partition coefficient (Wildman–Crippen LogP) is 4.70. The molecule has 0 aliphatic heterocycles. The number of benzene rings is 2. The zero-order valence-electron chi connectivity index (χ0n) is 13.8. The summed E-state index contributed by atoms with van der Waals surface area (Å²) in [4.78, 5) is 12.6. The third kappa shape index (κ3) is 4.27. The number of ether oxygens (including phenoxy) is 1. The smallest absolute Gasteiger partial charge is 0.416 e. The van der Waals surface area contributed by atoms with Crippen molar-refractivity contribution in [1.82, 2.24) is 15.0 Å². The summed E-state index contributed by atoms with van der Waals surface area (Å²) >= 11 is 0. The number of rotatable bonds is 5. The summed E-state index contributed by atoms with van der Waals surface area (Å²) in [6.45, 7) is 2.13.